The van der Waals surface area contributed by atoms with E-state index in [4.69, 9.17) is 5.73 Å². The molecule has 1 saturated heterocycles. The zero-order chi connectivity index (χ0) is 16.0. The monoisotopic (exact) mass is 304 g/mol. The summed E-state index contributed by atoms with van der Waals surface area (Å²) in [5, 5.41) is 2.99. The summed E-state index contributed by atoms with van der Waals surface area (Å²) in [5.74, 6) is 0.723. The normalized spacial score (nSPS) is 15.7. The quantitative estimate of drug-likeness (QED) is 0.846. The predicted octanol–water partition coefficient (Wildman–Crippen LogP) is 2.32. The van der Waals surface area contributed by atoms with Gasteiger partial charge in [-0.05, 0) is 44.2 Å². The van der Waals surface area contributed by atoms with Crippen molar-refractivity contribution in [3.8, 4) is 0 Å². The highest BCUT2D eigenvalue weighted by Crippen LogP contribution is 2.21. The van der Waals surface area contributed by atoms with Gasteiger partial charge in [0.1, 0.15) is 5.82 Å². The number of pyridine rings is 1. The van der Waals surface area contributed by atoms with E-state index in [0.29, 0.717) is 12.1 Å². The molecule has 1 aliphatic heterocycles. The van der Waals surface area contributed by atoms with Crippen molar-refractivity contribution in [1.29, 1.82) is 0 Å². The standard InChI is InChI=1S/C17H28N4O/c1-3-17(18,4-2)13-20-16(22)14-9-8-10-19-15(14)21-11-6-5-7-12-21/h8-10H,3-7,11-13,18H2,1-2H3,(H,20,22). The third kappa shape index (κ3) is 3.97. The second-order valence-electron chi connectivity index (χ2n) is 6.17. The van der Waals surface area contributed by atoms with Crippen LogP contribution >= 0.6 is 0 Å². The Morgan fingerprint density at radius 2 is 2.00 bits per heavy atom. The minimum atomic E-state index is -0.330. The lowest BCUT2D eigenvalue weighted by atomic mass is 9.94. The SMILES string of the molecule is CCC(N)(CC)CNC(=O)c1cccnc1N1CCCCC1. The van der Waals surface area contributed by atoms with Crippen molar-refractivity contribution in [3.63, 3.8) is 0 Å². The first-order valence-electron chi connectivity index (χ1n) is 8.36. The summed E-state index contributed by atoms with van der Waals surface area (Å²) in [6, 6.07) is 3.67. The fraction of sp³-hybridized carbons (Fsp3) is 0.647. The van der Waals surface area contributed by atoms with E-state index in [1.165, 1.54) is 6.42 Å². The van der Waals surface area contributed by atoms with Crippen molar-refractivity contribution >= 4 is 11.7 Å². The lowest BCUT2D eigenvalue weighted by molar-refractivity contribution is 0.0942. The molecule has 0 aliphatic carbocycles. The van der Waals surface area contributed by atoms with Gasteiger partial charge in [0.15, 0.2) is 0 Å². The molecule has 1 amide bonds. The smallest absolute Gasteiger partial charge is 0.255 e. The number of rotatable bonds is 6. The average molecular weight is 304 g/mol. The van der Waals surface area contributed by atoms with E-state index in [0.717, 1.165) is 44.6 Å². The van der Waals surface area contributed by atoms with Crippen LogP contribution in [0.3, 0.4) is 0 Å². The van der Waals surface area contributed by atoms with E-state index in [-0.39, 0.29) is 11.4 Å². The molecule has 0 spiro atoms. The molecular weight excluding hydrogens is 276 g/mol. The molecule has 5 nitrogen and oxygen atoms in total. The molecule has 0 unspecified atom stereocenters. The van der Waals surface area contributed by atoms with Crippen LogP contribution in [0.5, 0.6) is 0 Å². The number of amides is 1. The van der Waals surface area contributed by atoms with Gasteiger partial charge in [-0.2, -0.15) is 0 Å². The van der Waals surface area contributed by atoms with E-state index >= 15 is 0 Å². The molecule has 5 heteroatoms. The van der Waals surface area contributed by atoms with Gasteiger partial charge in [0.2, 0.25) is 0 Å². The van der Waals surface area contributed by atoms with Crippen molar-refractivity contribution in [1.82, 2.24) is 10.3 Å². The summed E-state index contributed by atoms with van der Waals surface area (Å²) in [4.78, 5) is 19.2. The molecule has 1 aromatic heterocycles. The van der Waals surface area contributed by atoms with Crippen molar-refractivity contribution in [2.24, 2.45) is 5.73 Å². The van der Waals surface area contributed by atoms with Crippen LogP contribution in [-0.2, 0) is 0 Å². The molecular formula is C17H28N4O. The Kier molecular flexibility index (Phi) is 5.77. The van der Waals surface area contributed by atoms with Gasteiger partial charge in [-0.15, -0.1) is 0 Å². The number of nitrogens with zero attached hydrogens (tertiary/aromatic N) is 2. The number of nitrogens with two attached hydrogens (primary N) is 1. The van der Waals surface area contributed by atoms with Gasteiger partial charge in [-0.3, -0.25) is 4.79 Å². The summed E-state index contributed by atoms with van der Waals surface area (Å²) in [7, 11) is 0. The fourth-order valence-corrected chi connectivity index (χ4v) is 2.78. The van der Waals surface area contributed by atoms with Gasteiger partial charge < -0.3 is 16.0 Å². The number of carbonyl (C=O) groups is 1. The number of nitrogens with one attached hydrogen (secondary N) is 1. The number of anilines is 1. The lowest BCUT2D eigenvalue weighted by Crippen LogP contribution is -2.49. The molecule has 3 N–H and O–H groups in total. The van der Waals surface area contributed by atoms with Crippen LogP contribution in [0.4, 0.5) is 5.82 Å². The number of aromatic nitrogens is 1. The Balaban J connectivity index is 2.09. The first-order valence-corrected chi connectivity index (χ1v) is 8.36. The van der Waals surface area contributed by atoms with Gasteiger partial charge in [-0.25, -0.2) is 4.98 Å². The minimum absolute atomic E-state index is 0.0783. The van der Waals surface area contributed by atoms with E-state index in [9.17, 15) is 4.79 Å². The third-order valence-electron chi connectivity index (χ3n) is 4.70. The molecule has 1 aliphatic rings. The maximum absolute atomic E-state index is 12.6. The van der Waals surface area contributed by atoms with Crippen LogP contribution in [0, 0.1) is 0 Å². The molecule has 0 radical (unpaired) electrons. The lowest BCUT2D eigenvalue weighted by Gasteiger charge is -2.30. The molecule has 0 aromatic carbocycles. The first kappa shape index (κ1) is 16.7. The van der Waals surface area contributed by atoms with Gasteiger partial charge >= 0.3 is 0 Å². The van der Waals surface area contributed by atoms with Crippen molar-refractivity contribution in [3.05, 3.63) is 23.9 Å². The highest BCUT2D eigenvalue weighted by atomic mass is 16.1. The Morgan fingerprint density at radius 3 is 2.64 bits per heavy atom. The van der Waals surface area contributed by atoms with Gasteiger partial charge in [0.05, 0.1) is 5.56 Å². The van der Waals surface area contributed by atoms with Crippen LogP contribution in [-0.4, -0.2) is 36.1 Å². The van der Waals surface area contributed by atoms with E-state index in [2.05, 4.69) is 29.0 Å². The van der Waals surface area contributed by atoms with Crippen LogP contribution in [0.2, 0.25) is 0 Å². The maximum atomic E-state index is 12.6. The largest absolute Gasteiger partial charge is 0.356 e. The summed E-state index contributed by atoms with van der Waals surface area (Å²) in [6.45, 7) is 6.55. The molecule has 22 heavy (non-hydrogen) atoms. The molecule has 0 atom stereocenters. The van der Waals surface area contributed by atoms with Crippen LogP contribution in [0.25, 0.3) is 0 Å². The molecule has 2 rings (SSSR count). The molecule has 0 bridgehead atoms. The van der Waals surface area contributed by atoms with Crippen molar-refractivity contribution in [2.45, 2.75) is 51.5 Å². The fourth-order valence-electron chi connectivity index (χ4n) is 2.78. The molecule has 1 fully saturated rings. The van der Waals surface area contributed by atoms with Gasteiger partial charge in [0.25, 0.3) is 5.91 Å². The topological polar surface area (TPSA) is 71.2 Å². The highest BCUT2D eigenvalue weighted by molar-refractivity contribution is 5.98. The number of hydrogen-bond donors (Lipinski definition) is 2. The van der Waals surface area contributed by atoms with Crippen molar-refractivity contribution in [2.75, 3.05) is 24.5 Å². The van der Waals surface area contributed by atoms with Crippen LogP contribution < -0.4 is 16.0 Å². The molecule has 0 saturated carbocycles. The van der Waals surface area contributed by atoms with Crippen LogP contribution in [0.15, 0.2) is 18.3 Å². The Morgan fingerprint density at radius 1 is 1.32 bits per heavy atom. The zero-order valence-corrected chi connectivity index (χ0v) is 13.8. The predicted molar refractivity (Wildman–Crippen MR) is 90.1 cm³/mol. The van der Waals surface area contributed by atoms with Crippen molar-refractivity contribution < 1.29 is 4.79 Å². The van der Waals surface area contributed by atoms with E-state index < -0.39 is 0 Å². The number of hydrogen-bond acceptors (Lipinski definition) is 4. The Labute approximate surface area is 133 Å². The Hall–Kier alpha value is -1.62. The summed E-state index contributed by atoms with van der Waals surface area (Å²) < 4.78 is 0. The molecule has 122 valence electrons. The van der Waals surface area contributed by atoms with E-state index in [1.54, 1.807) is 6.20 Å². The molecule has 1 aromatic rings. The summed E-state index contributed by atoms with van der Waals surface area (Å²) in [5.41, 5.74) is 6.58. The highest BCUT2D eigenvalue weighted by Gasteiger charge is 2.23. The zero-order valence-electron chi connectivity index (χ0n) is 13.8. The Bertz CT molecular complexity index is 493. The minimum Gasteiger partial charge on any atom is -0.356 e. The van der Waals surface area contributed by atoms with Crippen LogP contribution in [0.1, 0.15) is 56.3 Å². The summed E-state index contributed by atoms with van der Waals surface area (Å²) >= 11 is 0. The summed E-state index contributed by atoms with van der Waals surface area (Å²) in [6.07, 6.45) is 7.02. The third-order valence-corrected chi connectivity index (χ3v) is 4.70. The van der Waals surface area contributed by atoms with E-state index in [1.807, 2.05) is 12.1 Å². The number of piperidine rings is 1. The maximum Gasteiger partial charge on any atom is 0.255 e. The van der Waals surface area contributed by atoms with Gasteiger partial charge in [0, 0.05) is 31.4 Å². The second-order valence-corrected chi connectivity index (χ2v) is 6.17. The van der Waals surface area contributed by atoms with Gasteiger partial charge in [-0.1, -0.05) is 13.8 Å². The number of carbonyl (C=O) groups excluding carboxylic acids is 1. The second kappa shape index (κ2) is 7.58. The molecule has 2 heterocycles. The average Bonchev–Trinajstić information content (AvgIpc) is 2.60. The first-order chi connectivity index (χ1) is 10.6.